The number of nitrogens with one attached hydrogen (secondary N) is 1. The van der Waals surface area contributed by atoms with E-state index >= 15 is 0 Å². The minimum Gasteiger partial charge on any atom is -0.452 e. The Labute approximate surface area is 169 Å². The average Bonchev–Trinajstić information content (AvgIpc) is 3.05. The van der Waals surface area contributed by atoms with E-state index < -0.39 is 24.3 Å². The second kappa shape index (κ2) is 8.05. The molecule has 146 valence electrons. The number of pyridine rings is 1. The van der Waals surface area contributed by atoms with Crippen LogP contribution >= 0.6 is 15.9 Å². The molecule has 0 saturated carbocycles. The predicted molar refractivity (Wildman–Crippen MR) is 106 cm³/mol. The third-order valence-corrected chi connectivity index (χ3v) is 4.44. The number of aromatic nitrogens is 3. The first-order valence-corrected chi connectivity index (χ1v) is 9.32. The van der Waals surface area contributed by atoms with Gasteiger partial charge in [-0.1, -0.05) is 15.9 Å². The molecule has 2 aromatic heterocycles. The average molecular weight is 449 g/mol. The summed E-state index contributed by atoms with van der Waals surface area (Å²) in [7, 11) is 0. The molecule has 2 heterocycles. The summed E-state index contributed by atoms with van der Waals surface area (Å²) in [5, 5.41) is 7.18. The Morgan fingerprint density at radius 3 is 2.75 bits per heavy atom. The number of halogens is 2. The second-order valence-electron chi connectivity index (χ2n) is 6.48. The van der Waals surface area contributed by atoms with E-state index in [4.69, 9.17) is 4.74 Å². The smallest absolute Gasteiger partial charge is 0.339 e. The SMILES string of the molecule is Cc1cc(C(=O)OCC(=O)Nc2ccc(Br)cc2F)c2cnn(C(C)C)c2n1. The zero-order chi connectivity index (χ0) is 20.4. The van der Waals surface area contributed by atoms with Crippen molar-refractivity contribution in [3.63, 3.8) is 0 Å². The second-order valence-corrected chi connectivity index (χ2v) is 7.40. The van der Waals surface area contributed by atoms with Crippen LogP contribution in [-0.4, -0.2) is 33.2 Å². The largest absolute Gasteiger partial charge is 0.452 e. The Morgan fingerprint density at radius 2 is 2.07 bits per heavy atom. The van der Waals surface area contributed by atoms with E-state index in [-0.39, 0.29) is 17.3 Å². The Morgan fingerprint density at radius 1 is 1.32 bits per heavy atom. The highest BCUT2D eigenvalue weighted by molar-refractivity contribution is 9.10. The molecule has 0 atom stereocenters. The lowest BCUT2D eigenvalue weighted by atomic mass is 10.1. The molecular weight excluding hydrogens is 431 g/mol. The van der Waals surface area contributed by atoms with Crippen LogP contribution in [0.15, 0.2) is 34.9 Å². The summed E-state index contributed by atoms with van der Waals surface area (Å²) in [6.07, 6.45) is 1.55. The van der Waals surface area contributed by atoms with Crippen molar-refractivity contribution in [1.29, 1.82) is 0 Å². The molecule has 1 N–H and O–H groups in total. The standard InChI is InChI=1S/C19H18BrFN4O3/c1-10(2)25-18-14(8-22-25)13(6-11(3)23-18)19(27)28-9-17(26)24-16-5-4-12(20)7-15(16)21/h4-8,10H,9H2,1-3H3,(H,24,26). The van der Waals surface area contributed by atoms with E-state index in [1.54, 1.807) is 29.9 Å². The molecule has 0 fully saturated rings. The van der Waals surface area contributed by atoms with Crippen LogP contribution in [0.1, 0.15) is 35.9 Å². The van der Waals surface area contributed by atoms with E-state index in [0.717, 1.165) is 0 Å². The van der Waals surface area contributed by atoms with Gasteiger partial charge in [-0.2, -0.15) is 5.10 Å². The molecule has 1 aromatic carbocycles. The summed E-state index contributed by atoms with van der Waals surface area (Å²) < 4.78 is 21.2. The predicted octanol–water partition coefficient (Wildman–Crippen LogP) is 4.02. The topological polar surface area (TPSA) is 86.1 Å². The first-order valence-electron chi connectivity index (χ1n) is 8.53. The van der Waals surface area contributed by atoms with Crippen LogP contribution in [0.2, 0.25) is 0 Å². The van der Waals surface area contributed by atoms with Crippen LogP contribution in [0.4, 0.5) is 10.1 Å². The zero-order valence-electron chi connectivity index (χ0n) is 15.5. The summed E-state index contributed by atoms with van der Waals surface area (Å²) in [6.45, 7) is 5.13. The third kappa shape index (κ3) is 4.19. The number of carbonyl (C=O) groups is 2. The molecule has 3 aromatic rings. The molecule has 0 aliphatic carbocycles. The van der Waals surface area contributed by atoms with Crippen LogP contribution < -0.4 is 5.32 Å². The number of hydrogen-bond donors (Lipinski definition) is 1. The van der Waals surface area contributed by atoms with Crippen molar-refractivity contribution in [2.24, 2.45) is 0 Å². The normalized spacial score (nSPS) is 11.1. The fourth-order valence-corrected chi connectivity index (χ4v) is 3.01. The Kier molecular flexibility index (Phi) is 5.73. The molecule has 0 unspecified atom stereocenters. The maximum absolute atomic E-state index is 13.8. The van der Waals surface area contributed by atoms with Gasteiger partial charge in [0.1, 0.15) is 5.82 Å². The summed E-state index contributed by atoms with van der Waals surface area (Å²) in [4.78, 5) is 29.0. The highest BCUT2D eigenvalue weighted by Crippen LogP contribution is 2.22. The fraction of sp³-hybridized carbons (Fsp3) is 0.263. The molecule has 28 heavy (non-hydrogen) atoms. The van der Waals surface area contributed by atoms with Gasteiger partial charge in [-0.15, -0.1) is 0 Å². The molecule has 0 radical (unpaired) electrons. The Bertz CT molecular complexity index is 1060. The molecule has 0 aliphatic heterocycles. The van der Waals surface area contributed by atoms with Gasteiger partial charge in [0.2, 0.25) is 0 Å². The van der Waals surface area contributed by atoms with Crippen molar-refractivity contribution < 1.29 is 18.7 Å². The number of benzene rings is 1. The summed E-state index contributed by atoms with van der Waals surface area (Å²) in [5.74, 6) is -1.92. The lowest BCUT2D eigenvalue weighted by Crippen LogP contribution is -2.21. The van der Waals surface area contributed by atoms with Crippen molar-refractivity contribution in [1.82, 2.24) is 14.8 Å². The fourth-order valence-electron chi connectivity index (χ4n) is 2.68. The third-order valence-electron chi connectivity index (χ3n) is 3.94. The lowest BCUT2D eigenvalue weighted by Gasteiger charge is -2.10. The van der Waals surface area contributed by atoms with E-state index in [1.165, 1.54) is 12.1 Å². The molecule has 1 amide bonds. The van der Waals surface area contributed by atoms with Crippen molar-refractivity contribution in [3.8, 4) is 0 Å². The van der Waals surface area contributed by atoms with Gasteiger partial charge in [0.05, 0.1) is 22.8 Å². The van der Waals surface area contributed by atoms with Crippen molar-refractivity contribution in [3.05, 3.63) is 52.0 Å². The summed E-state index contributed by atoms with van der Waals surface area (Å²) in [5.41, 5.74) is 1.48. The Balaban J connectivity index is 1.73. The molecule has 0 spiro atoms. The number of anilines is 1. The van der Waals surface area contributed by atoms with Crippen LogP contribution in [0.3, 0.4) is 0 Å². The monoisotopic (exact) mass is 448 g/mol. The highest BCUT2D eigenvalue weighted by atomic mass is 79.9. The minimum absolute atomic E-state index is 0.00426. The van der Waals surface area contributed by atoms with E-state index in [9.17, 15) is 14.0 Å². The van der Waals surface area contributed by atoms with Gasteiger partial charge in [0, 0.05) is 16.2 Å². The van der Waals surface area contributed by atoms with Crippen LogP contribution in [0.25, 0.3) is 11.0 Å². The van der Waals surface area contributed by atoms with Crippen LogP contribution in [0, 0.1) is 12.7 Å². The first kappa shape index (κ1) is 19.9. The number of ether oxygens (including phenoxy) is 1. The maximum atomic E-state index is 13.8. The van der Waals surface area contributed by atoms with Gasteiger partial charge in [0.15, 0.2) is 12.3 Å². The van der Waals surface area contributed by atoms with Gasteiger partial charge in [-0.3, -0.25) is 4.79 Å². The van der Waals surface area contributed by atoms with Gasteiger partial charge >= 0.3 is 5.97 Å². The van der Waals surface area contributed by atoms with E-state index in [1.807, 2.05) is 13.8 Å². The van der Waals surface area contributed by atoms with E-state index in [0.29, 0.717) is 21.2 Å². The van der Waals surface area contributed by atoms with Crippen LogP contribution in [-0.2, 0) is 9.53 Å². The van der Waals surface area contributed by atoms with Gasteiger partial charge < -0.3 is 10.1 Å². The molecule has 0 saturated heterocycles. The molecular formula is C19H18BrFN4O3. The summed E-state index contributed by atoms with van der Waals surface area (Å²) in [6, 6.07) is 5.89. The lowest BCUT2D eigenvalue weighted by molar-refractivity contribution is -0.119. The highest BCUT2D eigenvalue weighted by Gasteiger charge is 2.19. The van der Waals surface area contributed by atoms with Gasteiger partial charge in [-0.05, 0) is 45.0 Å². The van der Waals surface area contributed by atoms with E-state index in [2.05, 4.69) is 31.3 Å². The molecule has 0 aliphatic rings. The number of hydrogen-bond acceptors (Lipinski definition) is 5. The zero-order valence-corrected chi connectivity index (χ0v) is 17.1. The van der Waals surface area contributed by atoms with Gasteiger partial charge in [-0.25, -0.2) is 18.9 Å². The number of fused-ring (bicyclic) bond motifs is 1. The quantitative estimate of drug-likeness (QED) is 0.595. The van der Waals surface area contributed by atoms with Crippen molar-refractivity contribution >= 4 is 44.5 Å². The number of carbonyl (C=O) groups excluding carboxylic acids is 2. The molecule has 9 heteroatoms. The number of esters is 1. The maximum Gasteiger partial charge on any atom is 0.339 e. The van der Waals surface area contributed by atoms with Crippen molar-refractivity contribution in [2.75, 3.05) is 11.9 Å². The number of nitrogens with zero attached hydrogens (tertiary/aromatic N) is 3. The number of rotatable bonds is 5. The first-order chi connectivity index (χ1) is 13.3. The Hall–Kier alpha value is -2.81. The number of aryl methyl sites for hydroxylation is 1. The van der Waals surface area contributed by atoms with Crippen LogP contribution in [0.5, 0.6) is 0 Å². The number of amides is 1. The van der Waals surface area contributed by atoms with Crippen molar-refractivity contribution in [2.45, 2.75) is 26.8 Å². The molecule has 0 bridgehead atoms. The minimum atomic E-state index is -0.676. The molecule has 3 rings (SSSR count). The molecule has 7 nitrogen and oxygen atoms in total. The van der Waals surface area contributed by atoms with Gasteiger partial charge in [0.25, 0.3) is 5.91 Å². The summed E-state index contributed by atoms with van der Waals surface area (Å²) >= 11 is 3.14.